The van der Waals surface area contributed by atoms with Crippen molar-refractivity contribution in [2.45, 2.75) is 13.3 Å². The molecule has 1 N–H and O–H groups in total. The molecule has 0 aliphatic carbocycles. The highest BCUT2D eigenvalue weighted by atomic mass is 16.3. The van der Waals surface area contributed by atoms with E-state index >= 15 is 0 Å². The van der Waals surface area contributed by atoms with Crippen LogP contribution in [0.5, 0.6) is 0 Å². The molecule has 0 atom stereocenters. The Morgan fingerprint density at radius 1 is 1.35 bits per heavy atom. The van der Waals surface area contributed by atoms with Crippen LogP contribution in [0.4, 0.5) is 0 Å². The van der Waals surface area contributed by atoms with Gasteiger partial charge < -0.3 is 9.73 Å². The van der Waals surface area contributed by atoms with Gasteiger partial charge in [0.25, 0.3) is 5.91 Å². The predicted octanol–water partition coefficient (Wildman–Crippen LogP) is 2.56. The summed E-state index contributed by atoms with van der Waals surface area (Å²) in [6.07, 6.45) is 4.12. The van der Waals surface area contributed by atoms with Crippen molar-refractivity contribution >= 4 is 5.91 Å². The van der Waals surface area contributed by atoms with Crippen LogP contribution in [0.15, 0.2) is 47.3 Å². The van der Waals surface area contributed by atoms with Gasteiger partial charge in [-0.15, -0.1) is 0 Å². The van der Waals surface area contributed by atoms with Crippen LogP contribution in [0.3, 0.4) is 0 Å². The average Bonchev–Trinajstić information content (AvgIpc) is 2.82. The minimum atomic E-state index is -0.0304. The van der Waals surface area contributed by atoms with Crippen molar-refractivity contribution in [1.29, 1.82) is 0 Å². The summed E-state index contributed by atoms with van der Waals surface area (Å²) in [7, 11) is 0. The molecular formula is C14H15NO2. The standard InChI is InChI=1S/C14H15NO2/c1-11-3-2-4-13(9-11)14(16)15-7-5-12-6-8-17-10-12/h2-4,6,8-10H,5,7H2,1H3,(H,15,16). The summed E-state index contributed by atoms with van der Waals surface area (Å²) >= 11 is 0. The fourth-order valence-electron chi connectivity index (χ4n) is 1.64. The number of aryl methyl sites for hydroxylation is 1. The molecule has 0 bridgehead atoms. The zero-order valence-electron chi connectivity index (χ0n) is 9.77. The van der Waals surface area contributed by atoms with Crippen molar-refractivity contribution in [3.05, 3.63) is 59.5 Å². The molecule has 0 saturated carbocycles. The Kier molecular flexibility index (Phi) is 3.60. The highest BCUT2D eigenvalue weighted by molar-refractivity contribution is 5.94. The van der Waals surface area contributed by atoms with Gasteiger partial charge in [-0.3, -0.25) is 4.79 Å². The van der Waals surface area contributed by atoms with Crippen molar-refractivity contribution in [3.8, 4) is 0 Å². The number of hydrogen-bond donors (Lipinski definition) is 1. The molecule has 0 fully saturated rings. The summed E-state index contributed by atoms with van der Waals surface area (Å²) in [6, 6.07) is 9.47. The van der Waals surface area contributed by atoms with Crippen molar-refractivity contribution in [2.24, 2.45) is 0 Å². The van der Waals surface area contributed by atoms with Gasteiger partial charge in [-0.25, -0.2) is 0 Å². The van der Waals surface area contributed by atoms with Gasteiger partial charge in [0.1, 0.15) is 0 Å². The number of hydrogen-bond acceptors (Lipinski definition) is 2. The molecule has 0 radical (unpaired) electrons. The van der Waals surface area contributed by atoms with E-state index in [4.69, 9.17) is 4.42 Å². The van der Waals surface area contributed by atoms with Crippen LogP contribution in [-0.4, -0.2) is 12.5 Å². The number of furan rings is 1. The van der Waals surface area contributed by atoms with Crippen molar-refractivity contribution in [2.75, 3.05) is 6.54 Å². The van der Waals surface area contributed by atoms with Gasteiger partial charge in [0.05, 0.1) is 12.5 Å². The molecule has 17 heavy (non-hydrogen) atoms. The Balaban J connectivity index is 1.85. The number of nitrogens with one attached hydrogen (secondary N) is 1. The predicted molar refractivity (Wildman–Crippen MR) is 65.9 cm³/mol. The maximum absolute atomic E-state index is 11.8. The van der Waals surface area contributed by atoms with Crippen molar-refractivity contribution < 1.29 is 9.21 Å². The highest BCUT2D eigenvalue weighted by Crippen LogP contribution is 2.04. The molecule has 0 saturated heterocycles. The van der Waals surface area contributed by atoms with Gasteiger partial charge in [-0.1, -0.05) is 17.7 Å². The van der Waals surface area contributed by atoms with Crippen LogP contribution < -0.4 is 5.32 Å². The Bertz CT molecular complexity index is 489. The van der Waals surface area contributed by atoms with E-state index in [-0.39, 0.29) is 5.91 Å². The highest BCUT2D eigenvalue weighted by Gasteiger charge is 2.04. The number of carbonyl (C=O) groups excluding carboxylic acids is 1. The summed E-state index contributed by atoms with van der Waals surface area (Å²) in [5, 5.41) is 2.88. The average molecular weight is 229 g/mol. The molecule has 1 amide bonds. The third-order valence-electron chi connectivity index (χ3n) is 2.56. The summed E-state index contributed by atoms with van der Waals surface area (Å²) < 4.78 is 4.96. The zero-order chi connectivity index (χ0) is 12.1. The van der Waals surface area contributed by atoms with Crippen molar-refractivity contribution in [1.82, 2.24) is 5.32 Å². The van der Waals surface area contributed by atoms with Crippen LogP contribution >= 0.6 is 0 Å². The van der Waals surface area contributed by atoms with Gasteiger partial charge >= 0.3 is 0 Å². The molecule has 0 aliphatic heterocycles. The van der Waals surface area contributed by atoms with E-state index in [1.807, 2.05) is 37.3 Å². The van der Waals surface area contributed by atoms with E-state index in [1.165, 1.54) is 0 Å². The van der Waals surface area contributed by atoms with E-state index in [0.29, 0.717) is 12.1 Å². The maximum atomic E-state index is 11.8. The third-order valence-corrected chi connectivity index (χ3v) is 2.56. The van der Waals surface area contributed by atoms with Gasteiger partial charge in [0.15, 0.2) is 0 Å². The van der Waals surface area contributed by atoms with Gasteiger partial charge in [0.2, 0.25) is 0 Å². The van der Waals surface area contributed by atoms with Crippen LogP contribution in [0.2, 0.25) is 0 Å². The summed E-state index contributed by atoms with van der Waals surface area (Å²) in [6.45, 7) is 2.59. The van der Waals surface area contributed by atoms with Crippen LogP contribution in [-0.2, 0) is 6.42 Å². The van der Waals surface area contributed by atoms with E-state index < -0.39 is 0 Å². The molecule has 0 unspecified atom stereocenters. The first kappa shape index (κ1) is 11.5. The lowest BCUT2D eigenvalue weighted by Crippen LogP contribution is -2.25. The first-order valence-corrected chi connectivity index (χ1v) is 5.61. The van der Waals surface area contributed by atoms with E-state index in [2.05, 4.69) is 5.32 Å². The second-order valence-corrected chi connectivity index (χ2v) is 4.01. The lowest BCUT2D eigenvalue weighted by atomic mass is 10.1. The smallest absolute Gasteiger partial charge is 0.251 e. The molecule has 0 aliphatic rings. The van der Waals surface area contributed by atoms with Crippen molar-refractivity contribution in [3.63, 3.8) is 0 Å². The van der Waals surface area contributed by atoms with Crippen LogP contribution in [0, 0.1) is 6.92 Å². The number of carbonyl (C=O) groups is 1. The topological polar surface area (TPSA) is 42.2 Å². The number of amides is 1. The largest absolute Gasteiger partial charge is 0.472 e. The third kappa shape index (κ3) is 3.21. The number of benzene rings is 1. The van der Waals surface area contributed by atoms with E-state index in [1.54, 1.807) is 12.5 Å². The molecule has 1 heterocycles. The molecule has 3 nitrogen and oxygen atoms in total. The van der Waals surface area contributed by atoms with Gasteiger partial charge in [-0.2, -0.15) is 0 Å². The minimum absolute atomic E-state index is 0.0304. The first-order valence-electron chi connectivity index (χ1n) is 5.61. The second-order valence-electron chi connectivity index (χ2n) is 4.01. The molecule has 3 heteroatoms. The number of rotatable bonds is 4. The zero-order valence-corrected chi connectivity index (χ0v) is 9.77. The molecule has 2 aromatic rings. The molecular weight excluding hydrogens is 214 g/mol. The fourth-order valence-corrected chi connectivity index (χ4v) is 1.64. The summed E-state index contributed by atoms with van der Waals surface area (Å²) in [5.74, 6) is -0.0304. The molecule has 1 aromatic carbocycles. The Labute approximate surface area is 100 Å². The van der Waals surface area contributed by atoms with Crippen LogP contribution in [0.1, 0.15) is 21.5 Å². The fraction of sp³-hybridized carbons (Fsp3) is 0.214. The normalized spacial score (nSPS) is 10.2. The first-order chi connectivity index (χ1) is 8.25. The lowest BCUT2D eigenvalue weighted by molar-refractivity contribution is 0.0954. The minimum Gasteiger partial charge on any atom is -0.472 e. The summed E-state index contributed by atoms with van der Waals surface area (Å²) in [5.41, 5.74) is 2.89. The summed E-state index contributed by atoms with van der Waals surface area (Å²) in [4.78, 5) is 11.8. The Morgan fingerprint density at radius 2 is 2.24 bits per heavy atom. The lowest BCUT2D eigenvalue weighted by Gasteiger charge is -2.04. The molecule has 1 aromatic heterocycles. The van der Waals surface area contributed by atoms with E-state index in [9.17, 15) is 4.79 Å². The molecule has 2 rings (SSSR count). The van der Waals surface area contributed by atoms with Gasteiger partial charge in [0, 0.05) is 12.1 Å². The quantitative estimate of drug-likeness (QED) is 0.875. The maximum Gasteiger partial charge on any atom is 0.251 e. The Morgan fingerprint density at radius 3 is 2.94 bits per heavy atom. The Hall–Kier alpha value is -2.03. The van der Waals surface area contributed by atoms with E-state index in [0.717, 1.165) is 17.5 Å². The molecule has 88 valence electrons. The van der Waals surface area contributed by atoms with Gasteiger partial charge in [-0.05, 0) is 37.1 Å². The molecule has 0 spiro atoms. The van der Waals surface area contributed by atoms with Crippen LogP contribution in [0.25, 0.3) is 0 Å². The monoisotopic (exact) mass is 229 g/mol. The SMILES string of the molecule is Cc1cccc(C(=O)NCCc2ccoc2)c1. The second kappa shape index (κ2) is 5.34.